The minimum absolute atomic E-state index is 0.243. The van der Waals surface area contributed by atoms with Gasteiger partial charge >= 0.3 is 6.18 Å². The van der Waals surface area contributed by atoms with Crippen LogP contribution in [0.2, 0.25) is 0 Å². The minimum atomic E-state index is -4.36. The van der Waals surface area contributed by atoms with Gasteiger partial charge in [0.25, 0.3) is 0 Å². The Bertz CT molecular complexity index is 554. The number of aromatic nitrogens is 1. The molecule has 0 atom stereocenters. The molecule has 0 spiro atoms. The first kappa shape index (κ1) is 13.5. The van der Waals surface area contributed by atoms with E-state index in [9.17, 15) is 13.2 Å². The predicted octanol–water partition coefficient (Wildman–Crippen LogP) is 4.14. The van der Waals surface area contributed by atoms with Gasteiger partial charge in [-0.05, 0) is 31.1 Å². The van der Waals surface area contributed by atoms with E-state index in [4.69, 9.17) is 0 Å². The number of rotatable bonds is 2. The minimum Gasteiger partial charge on any atom is -0.255 e. The number of aliphatic imine (C=N–C) groups is 1. The molecular formula is C14H13F3N2. The molecule has 0 aliphatic carbocycles. The Balaban J connectivity index is 2.42. The van der Waals surface area contributed by atoms with Crippen molar-refractivity contribution < 1.29 is 13.2 Å². The van der Waals surface area contributed by atoms with Crippen LogP contribution in [0.1, 0.15) is 31.0 Å². The lowest BCUT2D eigenvalue weighted by atomic mass is 10.1. The quantitative estimate of drug-likeness (QED) is 0.789. The summed E-state index contributed by atoms with van der Waals surface area (Å²) in [4.78, 5) is 8.12. The van der Waals surface area contributed by atoms with Gasteiger partial charge in [0.15, 0.2) is 0 Å². The molecule has 0 radical (unpaired) electrons. The molecule has 0 amide bonds. The first-order chi connectivity index (χ1) is 9.00. The number of hydrogen-bond donors (Lipinski definition) is 0. The van der Waals surface area contributed by atoms with Crippen LogP contribution in [-0.4, -0.2) is 10.7 Å². The van der Waals surface area contributed by atoms with E-state index >= 15 is 0 Å². The molecular weight excluding hydrogens is 253 g/mol. The average Bonchev–Trinajstić information content (AvgIpc) is 2.63. The van der Waals surface area contributed by atoms with Crippen molar-refractivity contribution in [3.05, 3.63) is 53.5 Å². The summed E-state index contributed by atoms with van der Waals surface area (Å²) in [7, 11) is 0. The van der Waals surface area contributed by atoms with Crippen molar-refractivity contribution in [2.75, 3.05) is 0 Å². The van der Waals surface area contributed by atoms with Crippen molar-refractivity contribution >= 4 is 5.71 Å². The lowest BCUT2D eigenvalue weighted by Gasteiger charge is -2.08. The second-order valence-corrected chi connectivity index (χ2v) is 4.19. The van der Waals surface area contributed by atoms with E-state index in [1.54, 1.807) is 6.20 Å². The first-order valence-electron chi connectivity index (χ1n) is 5.96. The van der Waals surface area contributed by atoms with Crippen LogP contribution in [0.15, 0.2) is 47.2 Å². The van der Waals surface area contributed by atoms with Gasteiger partial charge in [0.2, 0.25) is 0 Å². The average molecular weight is 266 g/mol. The van der Waals surface area contributed by atoms with Crippen LogP contribution in [0.4, 0.5) is 13.2 Å². The molecule has 0 bridgehead atoms. The molecule has 0 fully saturated rings. The van der Waals surface area contributed by atoms with Crippen LogP contribution in [0.3, 0.4) is 0 Å². The fourth-order valence-electron chi connectivity index (χ4n) is 1.76. The van der Waals surface area contributed by atoms with Crippen LogP contribution in [-0.2, 0) is 6.18 Å². The van der Waals surface area contributed by atoms with Gasteiger partial charge in [-0.25, -0.2) is 0 Å². The Hall–Kier alpha value is -1.91. The number of hydrogen-bond acceptors (Lipinski definition) is 2. The van der Waals surface area contributed by atoms with E-state index in [1.165, 1.54) is 0 Å². The van der Waals surface area contributed by atoms with Gasteiger partial charge in [-0.3, -0.25) is 9.98 Å². The maximum atomic E-state index is 12.7. The number of alkyl halides is 3. The molecule has 5 heteroatoms. The summed E-state index contributed by atoms with van der Waals surface area (Å²) in [5.41, 5.74) is 1.12. The third kappa shape index (κ3) is 3.30. The van der Waals surface area contributed by atoms with Crippen molar-refractivity contribution in [2.45, 2.75) is 25.9 Å². The van der Waals surface area contributed by atoms with Gasteiger partial charge < -0.3 is 0 Å². The normalized spacial score (nSPS) is 15.8. The second kappa shape index (κ2) is 5.38. The topological polar surface area (TPSA) is 25.2 Å². The van der Waals surface area contributed by atoms with Gasteiger partial charge in [0.1, 0.15) is 0 Å². The van der Waals surface area contributed by atoms with Gasteiger partial charge in [0.05, 0.1) is 17.0 Å². The highest BCUT2D eigenvalue weighted by Crippen LogP contribution is 2.29. The zero-order valence-electron chi connectivity index (χ0n) is 10.4. The van der Waals surface area contributed by atoms with Gasteiger partial charge in [-0.1, -0.05) is 18.6 Å². The smallest absolute Gasteiger partial charge is 0.255 e. The first-order valence-corrected chi connectivity index (χ1v) is 5.96. The predicted molar refractivity (Wildman–Crippen MR) is 67.9 cm³/mol. The summed E-state index contributed by atoms with van der Waals surface area (Å²) >= 11 is 0. The van der Waals surface area contributed by atoms with E-state index in [0.29, 0.717) is 5.71 Å². The monoisotopic (exact) mass is 266 g/mol. The molecule has 2 nitrogen and oxygen atoms in total. The highest BCUT2D eigenvalue weighted by molar-refractivity contribution is 6.08. The Morgan fingerprint density at radius 1 is 1.32 bits per heavy atom. The molecule has 1 aliphatic heterocycles. The third-order valence-electron chi connectivity index (χ3n) is 2.84. The molecule has 0 aromatic carbocycles. The second-order valence-electron chi connectivity index (χ2n) is 4.19. The van der Waals surface area contributed by atoms with Crippen molar-refractivity contribution in [3.63, 3.8) is 0 Å². The van der Waals surface area contributed by atoms with Crippen LogP contribution in [0.5, 0.6) is 0 Å². The summed E-state index contributed by atoms with van der Waals surface area (Å²) in [5, 5.41) is 0. The lowest BCUT2D eigenvalue weighted by molar-refractivity contribution is -0.137. The van der Waals surface area contributed by atoms with Crippen LogP contribution in [0, 0.1) is 0 Å². The van der Waals surface area contributed by atoms with Gasteiger partial charge in [0, 0.05) is 12.4 Å². The Morgan fingerprint density at radius 2 is 2.11 bits per heavy atom. The fourth-order valence-corrected chi connectivity index (χ4v) is 1.76. The third-order valence-corrected chi connectivity index (χ3v) is 2.84. The van der Waals surface area contributed by atoms with Gasteiger partial charge in [-0.15, -0.1) is 0 Å². The van der Waals surface area contributed by atoms with E-state index in [1.807, 2.05) is 19.1 Å². The molecule has 2 heterocycles. The molecule has 100 valence electrons. The Morgan fingerprint density at radius 3 is 2.79 bits per heavy atom. The Kier molecular flexibility index (Phi) is 3.83. The fraction of sp³-hybridized carbons (Fsp3) is 0.286. The summed E-state index contributed by atoms with van der Waals surface area (Å²) in [6.07, 6.45) is 3.70. The van der Waals surface area contributed by atoms with Crippen molar-refractivity contribution in [3.8, 4) is 0 Å². The number of halogens is 3. The number of allylic oxidation sites excluding steroid dienone is 3. The van der Waals surface area contributed by atoms with Crippen molar-refractivity contribution in [1.82, 2.24) is 4.98 Å². The molecule has 1 aliphatic rings. The zero-order chi connectivity index (χ0) is 13.9. The molecule has 0 unspecified atom stereocenters. The molecule has 0 N–H and O–H groups in total. The lowest BCUT2D eigenvalue weighted by Crippen LogP contribution is -2.08. The summed E-state index contributed by atoms with van der Waals surface area (Å²) in [6.45, 7) is 2.00. The number of pyridine rings is 1. The van der Waals surface area contributed by atoms with E-state index in [2.05, 4.69) is 9.98 Å². The van der Waals surface area contributed by atoms with Crippen LogP contribution >= 0.6 is 0 Å². The van der Waals surface area contributed by atoms with Crippen LogP contribution in [0.25, 0.3) is 0 Å². The molecule has 19 heavy (non-hydrogen) atoms. The molecule has 2 rings (SSSR count). The van der Waals surface area contributed by atoms with Crippen molar-refractivity contribution in [2.24, 2.45) is 4.99 Å². The highest BCUT2D eigenvalue weighted by Gasteiger charge is 2.30. The van der Waals surface area contributed by atoms with Crippen LogP contribution < -0.4 is 0 Å². The standard InChI is InChI=1S/C14H13F3N2/c1-2-10-4-3-6-18-12(8-10)13-9-11(5-7-19-13)14(15,16)17/h3,5-9H,2,4H2,1H3. The van der Waals surface area contributed by atoms with E-state index in [0.717, 1.165) is 36.7 Å². The maximum absolute atomic E-state index is 12.7. The number of nitrogens with zero attached hydrogens (tertiary/aromatic N) is 2. The Labute approximate surface area is 109 Å². The van der Waals surface area contributed by atoms with Crippen molar-refractivity contribution in [1.29, 1.82) is 0 Å². The molecule has 1 aromatic heterocycles. The highest BCUT2D eigenvalue weighted by atomic mass is 19.4. The molecule has 0 saturated carbocycles. The largest absolute Gasteiger partial charge is 0.416 e. The van der Waals surface area contributed by atoms with E-state index in [-0.39, 0.29) is 5.69 Å². The summed E-state index contributed by atoms with van der Waals surface area (Å²) in [5.74, 6) is 0. The summed E-state index contributed by atoms with van der Waals surface area (Å²) < 4.78 is 38.0. The SMILES string of the molecule is CCC1=CC(c2cc(C(F)(F)F)ccn2)=NC=CC1. The maximum Gasteiger partial charge on any atom is 0.416 e. The zero-order valence-corrected chi connectivity index (χ0v) is 10.4. The van der Waals surface area contributed by atoms with Gasteiger partial charge in [-0.2, -0.15) is 13.2 Å². The van der Waals surface area contributed by atoms with E-state index < -0.39 is 11.7 Å². The molecule has 1 aromatic rings. The summed E-state index contributed by atoms with van der Waals surface area (Å²) in [6, 6.07) is 1.99. The molecule has 0 saturated heterocycles.